The van der Waals surface area contributed by atoms with E-state index in [0.29, 0.717) is 23.0 Å². The second kappa shape index (κ2) is 10.1. The fourth-order valence-electron chi connectivity index (χ4n) is 2.56. The molecule has 5 nitrogen and oxygen atoms in total. The van der Waals surface area contributed by atoms with Crippen LogP contribution in [0.4, 0.5) is 4.79 Å². The third kappa shape index (κ3) is 5.52. The molecular formula is C21H17Br2NO4S. The van der Waals surface area contributed by atoms with Crippen molar-refractivity contribution in [1.82, 2.24) is 4.90 Å². The van der Waals surface area contributed by atoms with Gasteiger partial charge in [-0.25, -0.2) is 0 Å². The van der Waals surface area contributed by atoms with E-state index in [4.69, 9.17) is 9.47 Å². The van der Waals surface area contributed by atoms with Crippen LogP contribution in [0.5, 0.6) is 11.5 Å². The summed E-state index contributed by atoms with van der Waals surface area (Å²) in [5.41, 5.74) is 0.765. The van der Waals surface area contributed by atoms with E-state index in [1.54, 1.807) is 12.2 Å². The third-order valence-corrected chi connectivity index (χ3v) is 5.95. The molecule has 29 heavy (non-hydrogen) atoms. The summed E-state index contributed by atoms with van der Waals surface area (Å²) in [6.45, 7) is 4.44. The lowest BCUT2D eigenvalue weighted by molar-refractivity contribution is -0.123. The van der Waals surface area contributed by atoms with Gasteiger partial charge in [0.2, 0.25) is 0 Å². The first-order valence-corrected chi connectivity index (χ1v) is 11.1. The van der Waals surface area contributed by atoms with Gasteiger partial charge in [-0.15, -0.1) is 0 Å². The number of ether oxygens (including phenoxy) is 2. The Morgan fingerprint density at radius 1 is 1.07 bits per heavy atom. The zero-order valence-electron chi connectivity index (χ0n) is 15.3. The average molecular weight is 539 g/mol. The number of thioether (sulfide) groups is 1. The van der Waals surface area contributed by atoms with Crippen molar-refractivity contribution in [3.05, 3.63) is 74.5 Å². The molecule has 0 radical (unpaired) electrons. The maximum absolute atomic E-state index is 12.6. The molecule has 2 aromatic rings. The zero-order chi connectivity index (χ0) is 20.8. The van der Waals surface area contributed by atoms with Crippen LogP contribution in [0.15, 0.2) is 69.0 Å². The molecule has 150 valence electrons. The number of nitrogens with zero attached hydrogens (tertiary/aromatic N) is 1. The molecule has 2 amide bonds. The third-order valence-electron chi connectivity index (χ3n) is 3.86. The van der Waals surface area contributed by atoms with Gasteiger partial charge in [0.1, 0.15) is 24.7 Å². The lowest BCUT2D eigenvalue weighted by Crippen LogP contribution is -2.32. The summed E-state index contributed by atoms with van der Waals surface area (Å²) in [5, 5.41) is -0.304. The Labute approximate surface area is 190 Å². The molecule has 0 unspecified atom stereocenters. The highest BCUT2D eigenvalue weighted by molar-refractivity contribution is 9.11. The zero-order valence-corrected chi connectivity index (χ0v) is 19.3. The maximum atomic E-state index is 12.6. The van der Waals surface area contributed by atoms with Crippen molar-refractivity contribution >= 4 is 60.8 Å². The molecular weight excluding hydrogens is 522 g/mol. The van der Waals surface area contributed by atoms with Crippen molar-refractivity contribution in [3.8, 4) is 11.5 Å². The van der Waals surface area contributed by atoms with E-state index in [0.717, 1.165) is 26.3 Å². The molecule has 0 aromatic heterocycles. The lowest BCUT2D eigenvalue weighted by Gasteiger charge is -2.13. The van der Waals surface area contributed by atoms with Gasteiger partial charge in [0, 0.05) is 0 Å². The minimum Gasteiger partial charge on any atom is -0.492 e. The molecule has 0 bridgehead atoms. The van der Waals surface area contributed by atoms with Gasteiger partial charge in [-0.3, -0.25) is 14.5 Å². The van der Waals surface area contributed by atoms with Crippen LogP contribution >= 0.6 is 43.6 Å². The van der Waals surface area contributed by atoms with E-state index < -0.39 is 0 Å². The van der Waals surface area contributed by atoms with Crippen LogP contribution in [0.2, 0.25) is 0 Å². The second-order valence-electron chi connectivity index (χ2n) is 5.91. The molecule has 1 aliphatic rings. The van der Waals surface area contributed by atoms with Gasteiger partial charge in [-0.05, 0) is 79.5 Å². The molecule has 1 heterocycles. The number of halogens is 2. The maximum Gasteiger partial charge on any atom is 0.293 e. The first-order valence-electron chi connectivity index (χ1n) is 8.65. The quantitative estimate of drug-likeness (QED) is 0.310. The number of carbonyl (C=O) groups excluding carboxylic acids is 2. The molecule has 0 saturated carbocycles. The first-order chi connectivity index (χ1) is 14.0. The number of amides is 2. The van der Waals surface area contributed by atoms with Crippen molar-refractivity contribution in [2.75, 3.05) is 19.8 Å². The molecule has 1 aliphatic heterocycles. The summed E-state index contributed by atoms with van der Waals surface area (Å²) in [6, 6.07) is 12.9. The van der Waals surface area contributed by atoms with Crippen LogP contribution in [-0.2, 0) is 4.79 Å². The summed E-state index contributed by atoms with van der Waals surface area (Å²) in [7, 11) is 0. The highest BCUT2D eigenvalue weighted by Crippen LogP contribution is 2.37. The van der Waals surface area contributed by atoms with Gasteiger partial charge in [0.05, 0.1) is 20.4 Å². The van der Waals surface area contributed by atoms with Crippen molar-refractivity contribution in [3.63, 3.8) is 0 Å². The topological polar surface area (TPSA) is 55.8 Å². The molecule has 0 N–H and O–H groups in total. The van der Waals surface area contributed by atoms with Crippen LogP contribution in [0, 0.1) is 0 Å². The van der Waals surface area contributed by atoms with Crippen LogP contribution < -0.4 is 9.47 Å². The predicted octanol–water partition coefficient (Wildman–Crippen LogP) is 5.89. The van der Waals surface area contributed by atoms with E-state index in [1.165, 1.54) is 4.90 Å². The molecule has 0 aliphatic carbocycles. The van der Waals surface area contributed by atoms with Crippen LogP contribution in [-0.4, -0.2) is 35.8 Å². The number of para-hydroxylation sites is 1. The normalized spacial score (nSPS) is 15.1. The highest BCUT2D eigenvalue weighted by atomic mass is 79.9. The molecule has 1 fully saturated rings. The highest BCUT2D eigenvalue weighted by Gasteiger charge is 2.34. The fraction of sp³-hybridized carbons (Fsp3) is 0.143. The van der Waals surface area contributed by atoms with Crippen LogP contribution in [0.1, 0.15) is 5.56 Å². The fourth-order valence-corrected chi connectivity index (χ4v) is 4.87. The number of imide groups is 1. The number of rotatable bonds is 8. The van der Waals surface area contributed by atoms with E-state index >= 15 is 0 Å². The molecule has 2 aromatic carbocycles. The molecule has 0 spiro atoms. The van der Waals surface area contributed by atoms with E-state index in [1.807, 2.05) is 42.5 Å². The Kier molecular flexibility index (Phi) is 7.57. The SMILES string of the molecule is C=CCOc1c(Br)cc(/C=C2\SC(=O)N(CCOc3ccccc3)C2=O)cc1Br. The number of carbonyl (C=O) groups is 2. The first kappa shape index (κ1) is 21.7. The average Bonchev–Trinajstić information content (AvgIpc) is 2.95. The Hall–Kier alpha value is -2.03. The smallest absolute Gasteiger partial charge is 0.293 e. The van der Waals surface area contributed by atoms with Gasteiger partial charge in [0.15, 0.2) is 0 Å². The van der Waals surface area contributed by atoms with Gasteiger partial charge < -0.3 is 9.47 Å². The van der Waals surface area contributed by atoms with Gasteiger partial charge in [0.25, 0.3) is 11.1 Å². The molecule has 0 atom stereocenters. The number of hydrogen-bond donors (Lipinski definition) is 0. The van der Waals surface area contributed by atoms with Crippen LogP contribution in [0.3, 0.4) is 0 Å². The number of hydrogen-bond acceptors (Lipinski definition) is 5. The standard InChI is InChI=1S/C21H17Br2NO4S/c1-2-9-28-19-16(22)11-14(12-17(19)23)13-18-20(25)24(21(26)29-18)8-10-27-15-6-4-3-5-7-15/h2-7,11-13H,1,8-10H2/b18-13-. The monoisotopic (exact) mass is 537 g/mol. The largest absolute Gasteiger partial charge is 0.492 e. The van der Waals surface area contributed by atoms with E-state index in [2.05, 4.69) is 38.4 Å². The van der Waals surface area contributed by atoms with E-state index in [-0.39, 0.29) is 24.3 Å². The van der Waals surface area contributed by atoms with Gasteiger partial charge in [-0.1, -0.05) is 30.9 Å². The predicted molar refractivity (Wildman–Crippen MR) is 122 cm³/mol. The Bertz CT molecular complexity index is 939. The summed E-state index contributed by atoms with van der Waals surface area (Å²) in [4.78, 5) is 26.5. The Morgan fingerprint density at radius 3 is 2.41 bits per heavy atom. The van der Waals surface area contributed by atoms with Crippen molar-refractivity contribution < 1.29 is 19.1 Å². The lowest BCUT2D eigenvalue weighted by atomic mass is 10.2. The molecule has 1 saturated heterocycles. The summed E-state index contributed by atoms with van der Waals surface area (Å²) in [6.07, 6.45) is 3.35. The van der Waals surface area contributed by atoms with Gasteiger partial charge >= 0.3 is 0 Å². The minimum absolute atomic E-state index is 0.193. The second-order valence-corrected chi connectivity index (χ2v) is 8.61. The van der Waals surface area contributed by atoms with Crippen molar-refractivity contribution in [2.24, 2.45) is 0 Å². The van der Waals surface area contributed by atoms with E-state index in [9.17, 15) is 9.59 Å². The molecule has 8 heteroatoms. The summed E-state index contributed by atoms with van der Waals surface area (Å²) >= 11 is 7.86. The Morgan fingerprint density at radius 2 is 1.76 bits per heavy atom. The minimum atomic E-state index is -0.323. The summed E-state index contributed by atoms with van der Waals surface area (Å²) in [5.74, 6) is 1.02. The number of benzene rings is 2. The Balaban J connectivity index is 1.68. The van der Waals surface area contributed by atoms with Crippen LogP contribution in [0.25, 0.3) is 6.08 Å². The van der Waals surface area contributed by atoms with Crippen molar-refractivity contribution in [2.45, 2.75) is 0 Å². The van der Waals surface area contributed by atoms with Crippen molar-refractivity contribution in [1.29, 1.82) is 0 Å². The summed E-state index contributed by atoms with van der Waals surface area (Å²) < 4.78 is 12.6. The van der Waals surface area contributed by atoms with Gasteiger partial charge in [-0.2, -0.15) is 0 Å². The molecule has 3 rings (SSSR count).